The number of benzene rings is 2. The normalized spacial score (nSPS) is 17.5. The number of nitrogens with zero attached hydrogens (tertiary/aromatic N) is 3. The molecule has 2 aliphatic rings. The molecule has 2 aliphatic heterocycles. The molecule has 0 radical (unpaired) electrons. The van der Waals surface area contributed by atoms with Crippen LogP contribution in [-0.2, 0) is 4.79 Å². The lowest BCUT2D eigenvalue weighted by molar-refractivity contribution is -0.136. The van der Waals surface area contributed by atoms with Gasteiger partial charge in [-0.25, -0.2) is 0 Å². The summed E-state index contributed by atoms with van der Waals surface area (Å²) in [6.07, 6.45) is 6.10. The van der Waals surface area contributed by atoms with Gasteiger partial charge in [-0.15, -0.1) is 0 Å². The van der Waals surface area contributed by atoms with Crippen molar-refractivity contribution < 1.29 is 9.59 Å². The highest BCUT2D eigenvalue weighted by Gasteiger charge is 2.31. The molecule has 0 bridgehead atoms. The van der Waals surface area contributed by atoms with E-state index in [1.807, 2.05) is 52.3 Å². The van der Waals surface area contributed by atoms with Crippen molar-refractivity contribution in [3.63, 3.8) is 0 Å². The number of carbonyl (C=O) groups is 2. The summed E-state index contributed by atoms with van der Waals surface area (Å²) in [4.78, 5) is 31.9. The second kappa shape index (κ2) is 10.7. The number of hydrogen-bond acceptors (Lipinski definition) is 4. The van der Waals surface area contributed by atoms with E-state index in [1.54, 1.807) is 6.07 Å². The molecule has 6 heteroatoms. The zero-order valence-corrected chi connectivity index (χ0v) is 19.2. The summed E-state index contributed by atoms with van der Waals surface area (Å²) in [5.41, 5.74) is 1.26. The topological polar surface area (TPSA) is 64.4 Å². The minimum absolute atomic E-state index is 0.00297. The first-order chi connectivity index (χ1) is 15.7. The molecule has 2 aromatic carbocycles. The Bertz CT molecular complexity index is 1000. The monoisotopic (exact) mass is 447 g/mol. The number of likely N-dealkylation sites (tertiary alicyclic amines) is 2. The predicted molar refractivity (Wildman–Crippen MR) is 125 cm³/mol. The quantitative estimate of drug-likeness (QED) is 0.664. The zero-order valence-electron chi connectivity index (χ0n) is 18.3. The van der Waals surface area contributed by atoms with E-state index in [4.69, 9.17) is 0 Å². The van der Waals surface area contributed by atoms with Gasteiger partial charge in [-0.1, -0.05) is 48.9 Å². The molecule has 2 saturated heterocycles. The van der Waals surface area contributed by atoms with Crippen molar-refractivity contribution in [2.24, 2.45) is 5.92 Å². The Kier molecular flexibility index (Phi) is 7.49. The Labute approximate surface area is 194 Å². The highest BCUT2D eigenvalue weighted by atomic mass is 32.2. The molecule has 0 N–H and O–H groups in total. The van der Waals surface area contributed by atoms with Crippen LogP contribution in [0, 0.1) is 17.2 Å². The third-order valence-corrected chi connectivity index (χ3v) is 7.55. The first-order valence-electron chi connectivity index (χ1n) is 11.5. The molecule has 166 valence electrons. The summed E-state index contributed by atoms with van der Waals surface area (Å²) < 4.78 is 0. The Morgan fingerprint density at radius 2 is 1.44 bits per heavy atom. The molecule has 5 nitrogen and oxygen atoms in total. The Morgan fingerprint density at radius 1 is 0.812 bits per heavy atom. The molecular formula is C26H29N3O2S. The van der Waals surface area contributed by atoms with Crippen molar-refractivity contribution in [2.45, 2.75) is 48.3 Å². The van der Waals surface area contributed by atoms with Crippen LogP contribution in [0.1, 0.15) is 54.4 Å². The van der Waals surface area contributed by atoms with Gasteiger partial charge in [0.1, 0.15) is 6.07 Å². The van der Waals surface area contributed by atoms with Gasteiger partial charge in [0.15, 0.2) is 0 Å². The lowest BCUT2D eigenvalue weighted by Gasteiger charge is -2.34. The molecule has 0 aromatic heterocycles. The molecule has 2 heterocycles. The van der Waals surface area contributed by atoms with Crippen molar-refractivity contribution in [2.75, 3.05) is 26.2 Å². The van der Waals surface area contributed by atoms with Crippen molar-refractivity contribution in [1.82, 2.24) is 9.80 Å². The maximum Gasteiger partial charge on any atom is 0.255 e. The lowest BCUT2D eigenvalue weighted by atomic mass is 9.94. The average Bonchev–Trinajstić information content (AvgIpc) is 3.14. The van der Waals surface area contributed by atoms with Crippen LogP contribution in [0.15, 0.2) is 58.3 Å². The van der Waals surface area contributed by atoms with Crippen molar-refractivity contribution >= 4 is 23.6 Å². The number of rotatable bonds is 4. The van der Waals surface area contributed by atoms with Gasteiger partial charge in [0.05, 0.1) is 11.1 Å². The Balaban J connectivity index is 1.41. The van der Waals surface area contributed by atoms with E-state index in [1.165, 1.54) is 24.6 Å². The van der Waals surface area contributed by atoms with Crippen LogP contribution in [0.4, 0.5) is 0 Å². The first-order valence-corrected chi connectivity index (χ1v) is 12.3. The van der Waals surface area contributed by atoms with Crippen LogP contribution < -0.4 is 0 Å². The first kappa shape index (κ1) is 22.4. The van der Waals surface area contributed by atoms with Crippen molar-refractivity contribution in [1.29, 1.82) is 5.26 Å². The van der Waals surface area contributed by atoms with E-state index in [0.29, 0.717) is 24.2 Å². The molecule has 0 aliphatic carbocycles. The minimum Gasteiger partial charge on any atom is -0.342 e. The van der Waals surface area contributed by atoms with Crippen molar-refractivity contribution in [3.05, 3.63) is 59.7 Å². The third-order valence-electron chi connectivity index (χ3n) is 6.39. The molecule has 32 heavy (non-hydrogen) atoms. The van der Waals surface area contributed by atoms with Crippen LogP contribution in [0.2, 0.25) is 0 Å². The average molecular weight is 448 g/mol. The molecule has 4 rings (SSSR count). The zero-order chi connectivity index (χ0) is 22.3. The van der Waals surface area contributed by atoms with Gasteiger partial charge in [0.25, 0.3) is 5.91 Å². The second-order valence-electron chi connectivity index (χ2n) is 8.51. The fourth-order valence-corrected chi connectivity index (χ4v) is 5.57. The van der Waals surface area contributed by atoms with Gasteiger partial charge in [-0.3, -0.25) is 9.59 Å². The lowest BCUT2D eigenvalue weighted by Crippen LogP contribution is -2.44. The third kappa shape index (κ3) is 5.16. The predicted octanol–water partition coefficient (Wildman–Crippen LogP) is 4.96. The smallest absolute Gasteiger partial charge is 0.255 e. The summed E-state index contributed by atoms with van der Waals surface area (Å²) in [6, 6.07) is 17.2. The molecule has 2 amide bonds. The number of hydrogen-bond donors (Lipinski definition) is 0. The molecule has 2 fully saturated rings. The van der Waals surface area contributed by atoms with Crippen LogP contribution in [0.3, 0.4) is 0 Å². The highest BCUT2D eigenvalue weighted by Crippen LogP contribution is 2.33. The largest absolute Gasteiger partial charge is 0.342 e. The number of piperidine rings is 1. The van der Waals surface area contributed by atoms with E-state index < -0.39 is 0 Å². The maximum absolute atomic E-state index is 13.3. The summed E-state index contributed by atoms with van der Waals surface area (Å²) in [5.74, 6) is 0.315. The van der Waals surface area contributed by atoms with Crippen LogP contribution in [0.5, 0.6) is 0 Å². The van der Waals surface area contributed by atoms with Crippen LogP contribution >= 0.6 is 11.8 Å². The second-order valence-corrected chi connectivity index (χ2v) is 9.60. The fraction of sp³-hybridized carbons (Fsp3) is 0.423. The Hall–Kier alpha value is -2.78. The molecule has 0 atom stereocenters. The van der Waals surface area contributed by atoms with Gasteiger partial charge >= 0.3 is 0 Å². The number of nitriles is 1. The van der Waals surface area contributed by atoms with Gasteiger partial charge in [-0.2, -0.15) is 5.26 Å². The van der Waals surface area contributed by atoms with Crippen molar-refractivity contribution in [3.8, 4) is 6.07 Å². The molecule has 0 saturated carbocycles. The van der Waals surface area contributed by atoms with E-state index in [2.05, 4.69) is 6.07 Å². The fourth-order valence-electron chi connectivity index (χ4n) is 4.55. The van der Waals surface area contributed by atoms with Gasteiger partial charge < -0.3 is 9.80 Å². The highest BCUT2D eigenvalue weighted by molar-refractivity contribution is 7.99. The number of carbonyl (C=O) groups excluding carboxylic acids is 2. The SMILES string of the molecule is N#Cc1ccccc1Sc1ccccc1C(=O)N1CCC(C(=O)N2CCCCCC2)CC1. The molecule has 0 unspecified atom stereocenters. The molecule has 2 aromatic rings. The minimum atomic E-state index is 0.00297. The molecular weight excluding hydrogens is 418 g/mol. The van der Waals surface area contributed by atoms with Gasteiger partial charge in [-0.05, 0) is 49.9 Å². The maximum atomic E-state index is 13.3. The van der Waals surface area contributed by atoms with Gasteiger partial charge in [0, 0.05) is 41.9 Å². The molecule has 0 spiro atoms. The van der Waals surface area contributed by atoms with E-state index in [0.717, 1.165) is 48.6 Å². The van der Waals surface area contributed by atoms with Gasteiger partial charge in [0.2, 0.25) is 5.91 Å². The van der Waals surface area contributed by atoms with Crippen LogP contribution in [-0.4, -0.2) is 47.8 Å². The summed E-state index contributed by atoms with van der Waals surface area (Å²) in [6.45, 7) is 2.98. The summed E-state index contributed by atoms with van der Waals surface area (Å²) >= 11 is 1.45. The number of amides is 2. The summed E-state index contributed by atoms with van der Waals surface area (Å²) in [7, 11) is 0. The van der Waals surface area contributed by atoms with Crippen LogP contribution in [0.25, 0.3) is 0 Å². The Morgan fingerprint density at radius 3 is 2.12 bits per heavy atom. The van der Waals surface area contributed by atoms with E-state index in [9.17, 15) is 14.9 Å². The standard InChI is InChI=1S/C26H29N3O2S/c27-19-21-9-3-5-11-23(21)32-24-12-6-4-10-22(24)26(31)29-17-13-20(14-18-29)25(30)28-15-7-1-2-8-16-28/h3-6,9-12,20H,1-2,7-8,13-18H2. The summed E-state index contributed by atoms with van der Waals surface area (Å²) in [5, 5.41) is 9.39. The van der Waals surface area contributed by atoms with E-state index in [-0.39, 0.29) is 17.7 Å². The van der Waals surface area contributed by atoms with E-state index >= 15 is 0 Å².